The molecule has 0 saturated carbocycles. The second-order valence-electron chi connectivity index (χ2n) is 2.81. The highest BCUT2D eigenvalue weighted by Gasteiger charge is 2.17. The monoisotopic (exact) mass is 246 g/mol. The maximum absolute atomic E-state index is 10.8. The van der Waals surface area contributed by atoms with Gasteiger partial charge in [-0.25, -0.2) is 0 Å². The molecule has 1 N–H and O–H groups in total. The molecule has 82 valence electrons. The van der Waals surface area contributed by atoms with Crippen molar-refractivity contribution in [2.75, 3.05) is 23.9 Å². The molecule has 0 heterocycles. The average molecular weight is 247 g/mol. The van der Waals surface area contributed by atoms with E-state index >= 15 is 0 Å². The van der Waals surface area contributed by atoms with Crippen molar-refractivity contribution in [1.82, 2.24) is 0 Å². The number of nitro groups is 1. The highest BCUT2D eigenvalue weighted by molar-refractivity contribution is 7.98. The first kappa shape index (κ1) is 12.1. The Balaban J connectivity index is 2.86. The summed E-state index contributed by atoms with van der Waals surface area (Å²) in [5.41, 5.74) is 0.418. The second-order valence-corrected chi connectivity index (χ2v) is 4.21. The predicted molar refractivity (Wildman–Crippen MR) is 65.0 cm³/mol. The van der Waals surface area contributed by atoms with Crippen molar-refractivity contribution in [2.24, 2.45) is 0 Å². The first-order chi connectivity index (χ1) is 7.16. The molecule has 0 atom stereocenters. The summed E-state index contributed by atoms with van der Waals surface area (Å²) >= 11 is 7.42. The number of hydrogen-bond acceptors (Lipinski definition) is 4. The van der Waals surface area contributed by atoms with E-state index in [1.807, 2.05) is 6.26 Å². The third-order valence-corrected chi connectivity index (χ3v) is 2.71. The van der Waals surface area contributed by atoms with Crippen LogP contribution in [0, 0.1) is 10.1 Å². The van der Waals surface area contributed by atoms with E-state index in [1.165, 1.54) is 6.07 Å². The van der Waals surface area contributed by atoms with Gasteiger partial charge in [-0.3, -0.25) is 10.1 Å². The number of nitro benzene ring substituents is 1. The van der Waals surface area contributed by atoms with Crippen LogP contribution in [0.25, 0.3) is 0 Å². The lowest BCUT2D eigenvalue weighted by Gasteiger charge is -2.06. The van der Waals surface area contributed by atoms with Gasteiger partial charge in [-0.15, -0.1) is 0 Å². The molecule has 0 unspecified atom stereocenters. The van der Waals surface area contributed by atoms with Crippen LogP contribution in [-0.2, 0) is 0 Å². The fourth-order valence-electron chi connectivity index (χ4n) is 1.13. The molecule has 0 bridgehead atoms. The first-order valence-corrected chi connectivity index (χ1v) is 6.09. The number of anilines is 1. The van der Waals surface area contributed by atoms with Crippen molar-refractivity contribution in [2.45, 2.75) is 0 Å². The smallest absolute Gasteiger partial charge is 0.310 e. The van der Waals surface area contributed by atoms with Crippen LogP contribution in [0.1, 0.15) is 0 Å². The van der Waals surface area contributed by atoms with Gasteiger partial charge < -0.3 is 5.32 Å². The molecule has 0 aliphatic rings. The zero-order valence-electron chi connectivity index (χ0n) is 8.20. The molecule has 1 rings (SSSR count). The predicted octanol–water partition coefficient (Wildman–Crippen LogP) is 3.02. The Kier molecular flexibility index (Phi) is 4.71. The normalized spacial score (nSPS) is 10.0. The lowest BCUT2D eigenvalue weighted by Crippen LogP contribution is -2.06. The lowest BCUT2D eigenvalue weighted by molar-refractivity contribution is -0.383. The highest BCUT2D eigenvalue weighted by Crippen LogP contribution is 2.31. The van der Waals surface area contributed by atoms with Crippen LogP contribution >= 0.6 is 23.4 Å². The Morgan fingerprint density at radius 1 is 1.60 bits per heavy atom. The summed E-state index contributed by atoms with van der Waals surface area (Å²) in [6.07, 6.45) is 1.98. The molecule has 0 radical (unpaired) electrons. The van der Waals surface area contributed by atoms with E-state index in [0.717, 1.165) is 5.75 Å². The minimum Gasteiger partial charge on any atom is -0.379 e. The molecule has 0 saturated heterocycles. The number of nitrogens with one attached hydrogen (secondary N) is 1. The molecular weight excluding hydrogens is 236 g/mol. The highest BCUT2D eigenvalue weighted by atomic mass is 35.5. The SMILES string of the molecule is CSCCNc1cccc(Cl)c1[N+](=O)[O-]. The van der Waals surface area contributed by atoms with E-state index < -0.39 is 4.92 Å². The third kappa shape index (κ3) is 3.28. The van der Waals surface area contributed by atoms with Crippen LogP contribution in [0.2, 0.25) is 5.02 Å². The Morgan fingerprint density at radius 3 is 2.93 bits per heavy atom. The van der Waals surface area contributed by atoms with Crippen molar-refractivity contribution < 1.29 is 4.92 Å². The number of rotatable bonds is 5. The minimum atomic E-state index is -0.468. The van der Waals surface area contributed by atoms with Crippen molar-refractivity contribution in [3.8, 4) is 0 Å². The Bertz CT molecular complexity index is 360. The number of nitrogens with zero attached hydrogens (tertiary/aromatic N) is 1. The summed E-state index contributed by atoms with van der Waals surface area (Å²) < 4.78 is 0. The van der Waals surface area contributed by atoms with E-state index in [2.05, 4.69) is 5.32 Å². The number of para-hydroxylation sites is 1. The number of thioether (sulfide) groups is 1. The van der Waals surface area contributed by atoms with Crippen LogP contribution in [0.4, 0.5) is 11.4 Å². The molecule has 0 spiro atoms. The molecular formula is C9H11ClN2O2S. The zero-order valence-corrected chi connectivity index (χ0v) is 9.77. The standard InChI is InChI=1S/C9H11ClN2O2S/c1-15-6-5-11-8-4-2-3-7(10)9(8)12(13)14/h2-4,11H,5-6H2,1H3. The van der Waals surface area contributed by atoms with Gasteiger partial charge in [0.25, 0.3) is 0 Å². The summed E-state index contributed by atoms with van der Waals surface area (Å²) in [7, 11) is 0. The Labute approximate surface area is 97.2 Å². The molecule has 1 aromatic rings. The van der Waals surface area contributed by atoms with Crippen LogP contribution in [-0.4, -0.2) is 23.5 Å². The minimum absolute atomic E-state index is 0.0553. The summed E-state index contributed by atoms with van der Waals surface area (Å²) in [5, 5.41) is 13.9. The van der Waals surface area contributed by atoms with Gasteiger partial charge in [0, 0.05) is 12.3 Å². The van der Waals surface area contributed by atoms with Gasteiger partial charge >= 0.3 is 5.69 Å². The summed E-state index contributed by atoms with van der Waals surface area (Å²) in [6.45, 7) is 0.683. The molecule has 6 heteroatoms. The Morgan fingerprint density at radius 2 is 2.33 bits per heavy atom. The molecule has 15 heavy (non-hydrogen) atoms. The van der Waals surface area contributed by atoms with E-state index in [-0.39, 0.29) is 10.7 Å². The van der Waals surface area contributed by atoms with Crippen LogP contribution in [0.5, 0.6) is 0 Å². The molecule has 0 amide bonds. The van der Waals surface area contributed by atoms with Gasteiger partial charge in [-0.1, -0.05) is 17.7 Å². The maximum atomic E-state index is 10.8. The Hall–Kier alpha value is -0.940. The van der Waals surface area contributed by atoms with Gasteiger partial charge in [-0.2, -0.15) is 11.8 Å². The van der Waals surface area contributed by atoms with Crippen LogP contribution < -0.4 is 5.32 Å². The van der Waals surface area contributed by atoms with Crippen molar-refractivity contribution >= 4 is 34.7 Å². The van der Waals surface area contributed by atoms with Gasteiger partial charge in [-0.05, 0) is 18.4 Å². The second kappa shape index (κ2) is 5.82. The molecule has 1 aromatic carbocycles. The van der Waals surface area contributed by atoms with E-state index in [1.54, 1.807) is 23.9 Å². The van der Waals surface area contributed by atoms with Gasteiger partial charge in [0.05, 0.1) is 4.92 Å². The topological polar surface area (TPSA) is 55.2 Å². The van der Waals surface area contributed by atoms with Crippen molar-refractivity contribution in [3.05, 3.63) is 33.3 Å². The summed E-state index contributed by atoms with van der Waals surface area (Å²) in [6, 6.07) is 4.86. The fourth-order valence-corrected chi connectivity index (χ4v) is 1.68. The molecule has 0 aromatic heterocycles. The summed E-state index contributed by atoms with van der Waals surface area (Å²) in [4.78, 5) is 10.3. The maximum Gasteiger partial charge on any atom is 0.310 e. The van der Waals surface area contributed by atoms with Gasteiger partial charge in [0.15, 0.2) is 0 Å². The zero-order chi connectivity index (χ0) is 11.3. The van der Waals surface area contributed by atoms with Crippen LogP contribution in [0.15, 0.2) is 18.2 Å². The molecule has 0 aliphatic carbocycles. The van der Waals surface area contributed by atoms with Gasteiger partial charge in [0.2, 0.25) is 0 Å². The van der Waals surface area contributed by atoms with Crippen LogP contribution in [0.3, 0.4) is 0 Å². The third-order valence-electron chi connectivity index (χ3n) is 1.79. The molecule has 0 fully saturated rings. The quantitative estimate of drug-likeness (QED) is 0.493. The van der Waals surface area contributed by atoms with Crippen molar-refractivity contribution in [1.29, 1.82) is 0 Å². The van der Waals surface area contributed by atoms with E-state index in [4.69, 9.17) is 11.6 Å². The average Bonchev–Trinajstić information content (AvgIpc) is 2.17. The number of halogens is 1. The van der Waals surface area contributed by atoms with E-state index in [9.17, 15) is 10.1 Å². The van der Waals surface area contributed by atoms with E-state index in [0.29, 0.717) is 12.2 Å². The van der Waals surface area contributed by atoms with Crippen molar-refractivity contribution in [3.63, 3.8) is 0 Å². The number of hydrogen-bond donors (Lipinski definition) is 1. The molecule has 0 aliphatic heterocycles. The lowest BCUT2D eigenvalue weighted by atomic mass is 10.2. The van der Waals surface area contributed by atoms with Gasteiger partial charge in [0.1, 0.15) is 10.7 Å². The number of benzene rings is 1. The molecule has 4 nitrogen and oxygen atoms in total. The first-order valence-electron chi connectivity index (χ1n) is 4.32. The fraction of sp³-hybridized carbons (Fsp3) is 0.333. The largest absolute Gasteiger partial charge is 0.379 e. The summed E-state index contributed by atoms with van der Waals surface area (Å²) in [5.74, 6) is 0.893.